The molecule has 0 aliphatic carbocycles. The number of ether oxygens (including phenoxy) is 1. The van der Waals surface area contributed by atoms with Crippen LogP contribution < -0.4 is 20.7 Å². The third-order valence-corrected chi connectivity index (χ3v) is 2.51. The summed E-state index contributed by atoms with van der Waals surface area (Å²) in [6.45, 7) is 6.59. The van der Waals surface area contributed by atoms with Gasteiger partial charge in [0.25, 0.3) is 0 Å². The molecule has 116 valence electrons. The van der Waals surface area contributed by atoms with E-state index in [0.29, 0.717) is 19.6 Å². The Kier molecular flexibility index (Phi) is 7.08. The minimum absolute atomic E-state index is 0.112. The van der Waals surface area contributed by atoms with Crippen LogP contribution >= 0.6 is 0 Å². The lowest BCUT2D eigenvalue weighted by Crippen LogP contribution is -2.39. The van der Waals surface area contributed by atoms with Gasteiger partial charge in [-0.2, -0.15) is 0 Å². The molecule has 0 radical (unpaired) electrons. The van der Waals surface area contributed by atoms with Gasteiger partial charge in [-0.3, -0.25) is 4.79 Å². The number of carbonyl (C=O) groups excluding carboxylic acids is 2. The van der Waals surface area contributed by atoms with Crippen LogP contribution in [0.25, 0.3) is 0 Å². The second-order valence-corrected chi connectivity index (χ2v) is 4.91. The van der Waals surface area contributed by atoms with E-state index in [0.717, 1.165) is 11.3 Å². The molecule has 1 rings (SSSR count). The van der Waals surface area contributed by atoms with Crippen molar-refractivity contribution in [2.24, 2.45) is 0 Å². The van der Waals surface area contributed by atoms with Crippen LogP contribution in [0.3, 0.4) is 0 Å². The minimum atomic E-state index is -0.268. The molecule has 1 aromatic carbocycles. The number of rotatable bonds is 7. The van der Waals surface area contributed by atoms with Crippen molar-refractivity contribution >= 4 is 11.9 Å². The first-order chi connectivity index (χ1) is 9.97. The smallest absolute Gasteiger partial charge is 0.315 e. The molecule has 0 spiro atoms. The summed E-state index contributed by atoms with van der Waals surface area (Å²) in [5.74, 6) is 0.676. The summed E-state index contributed by atoms with van der Waals surface area (Å²) < 4.78 is 5.59. The molecule has 3 N–H and O–H groups in total. The van der Waals surface area contributed by atoms with Crippen LogP contribution in [0.1, 0.15) is 26.3 Å². The zero-order chi connectivity index (χ0) is 15.7. The number of benzene rings is 1. The van der Waals surface area contributed by atoms with Gasteiger partial charge in [-0.05, 0) is 31.5 Å². The average Bonchev–Trinajstić information content (AvgIpc) is 2.41. The highest BCUT2D eigenvalue weighted by Crippen LogP contribution is 2.14. The number of hydrogen-bond donors (Lipinski definition) is 3. The van der Waals surface area contributed by atoms with Crippen LogP contribution in [0.5, 0.6) is 5.75 Å². The Morgan fingerprint density at radius 1 is 1.14 bits per heavy atom. The highest BCUT2D eigenvalue weighted by molar-refractivity contribution is 5.74. The van der Waals surface area contributed by atoms with Crippen molar-refractivity contribution in [1.29, 1.82) is 0 Å². The Labute approximate surface area is 125 Å². The third-order valence-electron chi connectivity index (χ3n) is 2.51. The maximum Gasteiger partial charge on any atom is 0.315 e. The molecular weight excluding hydrogens is 270 g/mol. The van der Waals surface area contributed by atoms with Gasteiger partial charge in [-0.25, -0.2) is 4.79 Å². The van der Waals surface area contributed by atoms with Crippen LogP contribution in [0, 0.1) is 0 Å². The summed E-state index contributed by atoms with van der Waals surface area (Å²) in [5.41, 5.74) is 0.963. The van der Waals surface area contributed by atoms with E-state index in [2.05, 4.69) is 16.0 Å². The topological polar surface area (TPSA) is 79.5 Å². The molecule has 0 fully saturated rings. The van der Waals surface area contributed by atoms with E-state index >= 15 is 0 Å². The second-order valence-electron chi connectivity index (χ2n) is 4.91. The molecule has 0 unspecified atom stereocenters. The normalized spacial score (nSPS) is 10.1. The molecule has 6 nitrogen and oxygen atoms in total. The SMILES string of the molecule is CC(=O)NCCNC(=O)NCc1cccc(OC(C)C)c1. The van der Waals surface area contributed by atoms with Crippen molar-refractivity contribution in [1.82, 2.24) is 16.0 Å². The van der Waals surface area contributed by atoms with Crippen molar-refractivity contribution in [2.45, 2.75) is 33.4 Å². The largest absolute Gasteiger partial charge is 0.491 e. The van der Waals surface area contributed by atoms with Crippen molar-refractivity contribution in [3.05, 3.63) is 29.8 Å². The molecule has 0 heterocycles. The number of hydrogen-bond acceptors (Lipinski definition) is 3. The number of nitrogens with one attached hydrogen (secondary N) is 3. The lowest BCUT2D eigenvalue weighted by Gasteiger charge is -2.11. The van der Waals surface area contributed by atoms with Crippen LogP contribution in [-0.2, 0) is 11.3 Å². The standard InChI is InChI=1S/C15H23N3O3/c1-11(2)21-14-6-4-5-13(9-14)10-18-15(20)17-8-7-16-12(3)19/h4-6,9,11H,7-8,10H2,1-3H3,(H,16,19)(H2,17,18,20). The minimum Gasteiger partial charge on any atom is -0.491 e. The van der Waals surface area contributed by atoms with E-state index in [1.807, 2.05) is 38.1 Å². The Bertz CT molecular complexity index is 475. The zero-order valence-corrected chi connectivity index (χ0v) is 12.7. The predicted octanol–water partition coefficient (Wildman–Crippen LogP) is 1.41. The first-order valence-corrected chi connectivity index (χ1v) is 6.99. The lowest BCUT2D eigenvalue weighted by atomic mass is 10.2. The van der Waals surface area contributed by atoms with E-state index < -0.39 is 0 Å². The van der Waals surface area contributed by atoms with E-state index in [4.69, 9.17) is 4.74 Å². The summed E-state index contributed by atoms with van der Waals surface area (Å²) in [6.07, 6.45) is 0.116. The molecule has 0 atom stereocenters. The zero-order valence-electron chi connectivity index (χ0n) is 12.7. The highest BCUT2D eigenvalue weighted by atomic mass is 16.5. The lowest BCUT2D eigenvalue weighted by molar-refractivity contribution is -0.118. The molecule has 3 amide bonds. The summed E-state index contributed by atoms with van der Waals surface area (Å²) in [5, 5.41) is 8.01. The van der Waals surface area contributed by atoms with Crippen LogP contribution in [0.15, 0.2) is 24.3 Å². The summed E-state index contributed by atoms with van der Waals surface area (Å²) in [6, 6.07) is 7.33. The Hall–Kier alpha value is -2.24. The van der Waals surface area contributed by atoms with Gasteiger partial charge in [-0.15, -0.1) is 0 Å². The Morgan fingerprint density at radius 2 is 1.86 bits per heavy atom. The van der Waals surface area contributed by atoms with Crippen LogP contribution in [0.2, 0.25) is 0 Å². The van der Waals surface area contributed by atoms with Crippen molar-refractivity contribution in [3.8, 4) is 5.75 Å². The molecule has 21 heavy (non-hydrogen) atoms. The molecule has 1 aromatic rings. The van der Waals surface area contributed by atoms with Gasteiger partial charge in [0.15, 0.2) is 0 Å². The number of amides is 3. The van der Waals surface area contributed by atoms with E-state index in [1.165, 1.54) is 6.92 Å². The maximum absolute atomic E-state index is 11.6. The van der Waals surface area contributed by atoms with E-state index in [1.54, 1.807) is 0 Å². The molecule has 0 aliphatic rings. The summed E-state index contributed by atoms with van der Waals surface area (Å²) >= 11 is 0. The molecule has 0 aromatic heterocycles. The van der Waals surface area contributed by atoms with Crippen LogP contribution in [0.4, 0.5) is 4.79 Å². The summed E-state index contributed by atoms with van der Waals surface area (Å²) in [4.78, 5) is 22.2. The quantitative estimate of drug-likeness (QED) is 0.665. The molecule has 0 aliphatic heterocycles. The summed E-state index contributed by atoms with van der Waals surface area (Å²) in [7, 11) is 0. The van der Waals surface area contributed by atoms with Gasteiger partial charge < -0.3 is 20.7 Å². The molecule has 6 heteroatoms. The third kappa shape index (κ3) is 7.81. The average molecular weight is 293 g/mol. The molecule has 0 bridgehead atoms. The van der Waals surface area contributed by atoms with Gasteiger partial charge in [0.2, 0.25) is 5.91 Å². The maximum atomic E-state index is 11.6. The number of urea groups is 1. The molecule has 0 saturated carbocycles. The van der Waals surface area contributed by atoms with Gasteiger partial charge in [0, 0.05) is 26.6 Å². The van der Waals surface area contributed by atoms with Crippen molar-refractivity contribution < 1.29 is 14.3 Å². The second kappa shape index (κ2) is 8.84. The van der Waals surface area contributed by atoms with Gasteiger partial charge in [-0.1, -0.05) is 12.1 Å². The van der Waals surface area contributed by atoms with Gasteiger partial charge in [0.1, 0.15) is 5.75 Å². The Morgan fingerprint density at radius 3 is 2.52 bits per heavy atom. The number of carbonyl (C=O) groups is 2. The van der Waals surface area contributed by atoms with Gasteiger partial charge >= 0.3 is 6.03 Å². The fraction of sp³-hybridized carbons (Fsp3) is 0.467. The van der Waals surface area contributed by atoms with Gasteiger partial charge in [0.05, 0.1) is 6.10 Å². The highest BCUT2D eigenvalue weighted by Gasteiger charge is 2.02. The first kappa shape index (κ1) is 16.8. The fourth-order valence-corrected chi connectivity index (χ4v) is 1.66. The van der Waals surface area contributed by atoms with E-state index in [9.17, 15) is 9.59 Å². The van der Waals surface area contributed by atoms with Crippen molar-refractivity contribution in [3.63, 3.8) is 0 Å². The fourth-order valence-electron chi connectivity index (χ4n) is 1.66. The van der Waals surface area contributed by atoms with Crippen molar-refractivity contribution in [2.75, 3.05) is 13.1 Å². The Balaban J connectivity index is 2.30. The first-order valence-electron chi connectivity index (χ1n) is 6.99. The van der Waals surface area contributed by atoms with Crippen LogP contribution in [-0.4, -0.2) is 31.1 Å². The van der Waals surface area contributed by atoms with E-state index in [-0.39, 0.29) is 18.0 Å². The molecular formula is C15H23N3O3. The predicted molar refractivity (Wildman–Crippen MR) is 81.1 cm³/mol. The molecule has 0 saturated heterocycles. The monoisotopic (exact) mass is 293 g/mol.